The van der Waals surface area contributed by atoms with Gasteiger partial charge < -0.3 is 9.80 Å². The number of piperazine rings is 1. The van der Waals surface area contributed by atoms with E-state index in [2.05, 4.69) is 59.9 Å². The van der Waals surface area contributed by atoms with Crippen molar-refractivity contribution in [2.24, 2.45) is 5.92 Å². The van der Waals surface area contributed by atoms with Crippen LogP contribution in [0.15, 0.2) is 48.5 Å². The molecule has 0 saturated carbocycles. The SMILES string of the molecule is Cc1ccc(N2CCN(C(=O)C3CNNC3c3ccccc3)CC2)c(C)c1. The fraction of sp³-hybridized carbons (Fsp3) is 0.409. The molecular formula is C22H28N4O. The number of hydrogen-bond donors (Lipinski definition) is 2. The van der Waals surface area contributed by atoms with Crippen LogP contribution in [0.3, 0.4) is 0 Å². The third kappa shape index (κ3) is 3.70. The van der Waals surface area contributed by atoms with Gasteiger partial charge in [0, 0.05) is 38.4 Å². The van der Waals surface area contributed by atoms with Gasteiger partial charge in [-0.2, -0.15) is 0 Å². The predicted octanol–water partition coefficient (Wildman–Crippen LogP) is 2.42. The lowest BCUT2D eigenvalue weighted by molar-refractivity contribution is -0.135. The van der Waals surface area contributed by atoms with E-state index in [1.807, 2.05) is 23.1 Å². The van der Waals surface area contributed by atoms with Gasteiger partial charge in [-0.05, 0) is 31.0 Å². The lowest BCUT2D eigenvalue weighted by Crippen LogP contribution is -2.51. The molecule has 2 N–H and O–H groups in total. The molecule has 2 heterocycles. The molecule has 1 amide bonds. The molecule has 4 rings (SSSR count). The minimum Gasteiger partial charge on any atom is -0.368 e. The zero-order valence-electron chi connectivity index (χ0n) is 16.1. The van der Waals surface area contributed by atoms with Gasteiger partial charge in [-0.15, -0.1) is 0 Å². The molecule has 27 heavy (non-hydrogen) atoms. The third-order valence-corrected chi connectivity index (χ3v) is 5.74. The van der Waals surface area contributed by atoms with Crippen LogP contribution in [0.2, 0.25) is 0 Å². The summed E-state index contributed by atoms with van der Waals surface area (Å²) in [5, 5.41) is 0. The van der Waals surface area contributed by atoms with Crippen LogP contribution in [-0.2, 0) is 4.79 Å². The summed E-state index contributed by atoms with van der Waals surface area (Å²) in [5.74, 6) is 0.196. The van der Waals surface area contributed by atoms with Crippen LogP contribution in [0.25, 0.3) is 0 Å². The first-order valence-corrected chi connectivity index (χ1v) is 9.78. The molecule has 142 valence electrons. The summed E-state index contributed by atoms with van der Waals surface area (Å²) in [6.07, 6.45) is 0. The van der Waals surface area contributed by atoms with Crippen LogP contribution in [0, 0.1) is 19.8 Å². The van der Waals surface area contributed by atoms with Gasteiger partial charge in [0.05, 0.1) is 12.0 Å². The molecule has 5 heteroatoms. The highest BCUT2D eigenvalue weighted by molar-refractivity contribution is 5.81. The largest absolute Gasteiger partial charge is 0.368 e. The number of benzene rings is 2. The van der Waals surface area contributed by atoms with Gasteiger partial charge in [0.25, 0.3) is 0 Å². The molecule has 0 aromatic heterocycles. The van der Waals surface area contributed by atoms with E-state index in [0.717, 1.165) is 31.7 Å². The summed E-state index contributed by atoms with van der Waals surface area (Å²) in [7, 11) is 0. The van der Waals surface area contributed by atoms with Crippen LogP contribution in [0.1, 0.15) is 22.7 Å². The average Bonchev–Trinajstić information content (AvgIpc) is 3.18. The Bertz CT molecular complexity index is 799. The number of anilines is 1. The highest BCUT2D eigenvalue weighted by atomic mass is 16.2. The first kappa shape index (κ1) is 18.0. The number of hydrazine groups is 1. The molecule has 2 aliphatic heterocycles. The van der Waals surface area contributed by atoms with Crippen LogP contribution in [0.5, 0.6) is 0 Å². The second kappa shape index (κ2) is 7.71. The standard InChI is InChI=1S/C22H28N4O/c1-16-8-9-20(17(2)14-16)25-10-12-26(13-11-25)22(27)19-15-23-24-21(19)18-6-4-3-5-7-18/h3-9,14,19,21,23-24H,10-13,15H2,1-2H3. The molecule has 0 radical (unpaired) electrons. The first-order chi connectivity index (χ1) is 13.1. The van der Waals surface area contributed by atoms with Gasteiger partial charge >= 0.3 is 0 Å². The lowest BCUT2D eigenvalue weighted by Gasteiger charge is -2.38. The Morgan fingerprint density at radius 3 is 2.44 bits per heavy atom. The Hall–Kier alpha value is -2.37. The summed E-state index contributed by atoms with van der Waals surface area (Å²) < 4.78 is 0. The maximum absolute atomic E-state index is 13.2. The zero-order chi connectivity index (χ0) is 18.8. The number of nitrogens with one attached hydrogen (secondary N) is 2. The van der Waals surface area contributed by atoms with E-state index < -0.39 is 0 Å². The highest BCUT2D eigenvalue weighted by Crippen LogP contribution is 2.28. The summed E-state index contributed by atoms with van der Waals surface area (Å²) in [5.41, 5.74) is 11.5. The maximum Gasteiger partial charge on any atom is 0.229 e. The van der Waals surface area contributed by atoms with Crippen LogP contribution in [-0.4, -0.2) is 43.5 Å². The molecule has 2 aromatic rings. The van der Waals surface area contributed by atoms with Crippen molar-refractivity contribution in [3.8, 4) is 0 Å². The number of amides is 1. The normalized spacial score (nSPS) is 22.9. The number of nitrogens with zero attached hydrogens (tertiary/aromatic N) is 2. The van der Waals surface area contributed by atoms with E-state index in [-0.39, 0.29) is 17.9 Å². The van der Waals surface area contributed by atoms with E-state index in [0.29, 0.717) is 6.54 Å². The van der Waals surface area contributed by atoms with Crippen molar-refractivity contribution in [3.05, 3.63) is 65.2 Å². The van der Waals surface area contributed by atoms with Gasteiger partial charge in [-0.3, -0.25) is 10.2 Å². The van der Waals surface area contributed by atoms with E-state index in [1.54, 1.807) is 0 Å². The van der Waals surface area contributed by atoms with E-state index in [1.165, 1.54) is 16.8 Å². The molecule has 0 spiro atoms. The van der Waals surface area contributed by atoms with Crippen molar-refractivity contribution < 1.29 is 4.79 Å². The molecule has 2 aliphatic rings. The van der Waals surface area contributed by atoms with Crippen molar-refractivity contribution in [1.82, 2.24) is 15.8 Å². The number of carbonyl (C=O) groups is 1. The molecule has 5 nitrogen and oxygen atoms in total. The molecule has 2 fully saturated rings. The lowest BCUT2D eigenvalue weighted by atomic mass is 9.93. The summed E-state index contributed by atoms with van der Waals surface area (Å²) in [6.45, 7) is 8.31. The molecule has 2 unspecified atom stereocenters. The highest BCUT2D eigenvalue weighted by Gasteiger charge is 2.37. The summed E-state index contributed by atoms with van der Waals surface area (Å²) in [6, 6.07) is 16.9. The fourth-order valence-corrected chi connectivity index (χ4v) is 4.27. The van der Waals surface area contributed by atoms with Crippen molar-refractivity contribution in [2.75, 3.05) is 37.6 Å². The molecule has 2 atom stereocenters. The van der Waals surface area contributed by atoms with Crippen LogP contribution in [0.4, 0.5) is 5.69 Å². The number of aryl methyl sites for hydroxylation is 2. The van der Waals surface area contributed by atoms with E-state index in [9.17, 15) is 4.79 Å². The Kier molecular flexibility index (Phi) is 5.14. The summed E-state index contributed by atoms with van der Waals surface area (Å²) in [4.78, 5) is 17.6. The Morgan fingerprint density at radius 1 is 1.00 bits per heavy atom. The number of carbonyl (C=O) groups excluding carboxylic acids is 1. The van der Waals surface area contributed by atoms with Gasteiger partial charge in [-0.25, -0.2) is 5.43 Å². The smallest absolute Gasteiger partial charge is 0.229 e. The Balaban J connectivity index is 1.41. The third-order valence-electron chi connectivity index (χ3n) is 5.74. The fourth-order valence-electron chi connectivity index (χ4n) is 4.27. The van der Waals surface area contributed by atoms with E-state index >= 15 is 0 Å². The molecule has 0 bridgehead atoms. The zero-order valence-corrected chi connectivity index (χ0v) is 16.1. The summed E-state index contributed by atoms with van der Waals surface area (Å²) >= 11 is 0. The molecule has 2 aromatic carbocycles. The maximum atomic E-state index is 13.2. The molecular weight excluding hydrogens is 336 g/mol. The van der Waals surface area contributed by atoms with Crippen LogP contribution < -0.4 is 15.8 Å². The monoisotopic (exact) mass is 364 g/mol. The predicted molar refractivity (Wildman–Crippen MR) is 109 cm³/mol. The first-order valence-electron chi connectivity index (χ1n) is 9.78. The van der Waals surface area contributed by atoms with Crippen molar-refractivity contribution in [3.63, 3.8) is 0 Å². The van der Waals surface area contributed by atoms with Crippen molar-refractivity contribution in [2.45, 2.75) is 19.9 Å². The van der Waals surface area contributed by atoms with Gasteiger partial charge in [0.15, 0.2) is 0 Å². The van der Waals surface area contributed by atoms with Gasteiger partial charge in [0.2, 0.25) is 5.91 Å². The van der Waals surface area contributed by atoms with Gasteiger partial charge in [0.1, 0.15) is 0 Å². The quantitative estimate of drug-likeness (QED) is 0.878. The Morgan fingerprint density at radius 2 is 1.74 bits per heavy atom. The number of hydrogen-bond acceptors (Lipinski definition) is 4. The second-order valence-electron chi connectivity index (χ2n) is 7.62. The molecule has 0 aliphatic carbocycles. The average molecular weight is 364 g/mol. The minimum absolute atomic E-state index is 0.0380. The minimum atomic E-state index is -0.0555. The van der Waals surface area contributed by atoms with Gasteiger partial charge in [-0.1, -0.05) is 48.0 Å². The Labute approximate surface area is 161 Å². The van der Waals surface area contributed by atoms with Crippen molar-refractivity contribution >= 4 is 11.6 Å². The van der Waals surface area contributed by atoms with E-state index in [4.69, 9.17) is 0 Å². The van der Waals surface area contributed by atoms with Crippen LogP contribution >= 0.6 is 0 Å². The number of rotatable bonds is 3. The second-order valence-corrected chi connectivity index (χ2v) is 7.62. The molecule has 2 saturated heterocycles. The topological polar surface area (TPSA) is 47.6 Å². The van der Waals surface area contributed by atoms with Crippen molar-refractivity contribution in [1.29, 1.82) is 0 Å².